The molecule has 2 aromatic rings. The predicted octanol–water partition coefficient (Wildman–Crippen LogP) is 3.39. The zero-order valence-electron chi connectivity index (χ0n) is 16.3. The van der Waals surface area contributed by atoms with Crippen molar-refractivity contribution in [2.45, 2.75) is 37.6 Å². The summed E-state index contributed by atoms with van der Waals surface area (Å²) in [6, 6.07) is 18.5. The number of likely N-dealkylation sites (tertiary alicyclic amines) is 1. The molecule has 2 aromatic carbocycles. The van der Waals surface area contributed by atoms with Crippen molar-refractivity contribution < 1.29 is 10.0 Å². The Morgan fingerprint density at radius 1 is 0.893 bits per heavy atom. The van der Waals surface area contributed by atoms with E-state index in [1.807, 2.05) is 47.9 Å². The van der Waals surface area contributed by atoms with E-state index in [-0.39, 0.29) is 0 Å². The topological polar surface area (TPSA) is 55.8 Å². The number of anilines is 1. The van der Waals surface area contributed by atoms with E-state index in [2.05, 4.69) is 21.9 Å². The molecule has 2 heterocycles. The minimum atomic E-state index is -0.513. The number of carbonyl (C=O) groups is 1. The highest BCUT2D eigenvalue weighted by molar-refractivity contribution is 5.86. The third-order valence-corrected chi connectivity index (χ3v) is 6.22. The lowest BCUT2D eigenvalue weighted by atomic mass is 9.90. The molecule has 5 nitrogen and oxygen atoms in total. The van der Waals surface area contributed by atoms with Crippen LogP contribution in [0.2, 0.25) is 0 Å². The van der Waals surface area contributed by atoms with Crippen LogP contribution in [0.25, 0.3) is 0 Å². The third kappa shape index (κ3) is 4.05. The van der Waals surface area contributed by atoms with Crippen molar-refractivity contribution in [3.8, 4) is 0 Å². The molecule has 148 valence electrons. The second-order valence-electron chi connectivity index (χ2n) is 7.87. The summed E-state index contributed by atoms with van der Waals surface area (Å²) in [5.41, 5.74) is 4.78. The Morgan fingerprint density at radius 3 is 2.11 bits per heavy atom. The van der Waals surface area contributed by atoms with Gasteiger partial charge in [-0.05, 0) is 62.0 Å². The number of hydroxylamine groups is 1. The molecule has 0 aromatic heterocycles. The minimum absolute atomic E-state index is 0.412. The fraction of sp³-hybridized carbons (Fsp3) is 0.435. The summed E-state index contributed by atoms with van der Waals surface area (Å²) in [6.07, 6.45) is 5.15. The highest BCUT2D eigenvalue weighted by Gasteiger charge is 2.27. The normalized spacial score (nSPS) is 19.5. The fourth-order valence-corrected chi connectivity index (χ4v) is 4.68. The second-order valence-corrected chi connectivity index (χ2v) is 7.87. The van der Waals surface area contributed by atoms with Gasteiger partial charge in [0.2, 0.25) is 0 Å². The molecule has 2 aliphatic rings. The highest BCUT2D eigenvalue weighted by Crippen LogP contribution is 2.29. The van der Waals surface area contributed by atoms with Crippen molar-refractivity contribution in [2.24, 2.45) is 0 Å². The summed E-state index contributed by atoms with van der Waals surface area (Å²) >= 11 is 0. The molecule has 0 bridgehead atoms. The van der Waals surface area contributed by atoms with E-state index in [1.165, 1.54) is 44.5 Å². The molecule has 2 N–H and O–H groups in total. The van der Waals surface area contributed by atoms with Crippen LogP contribution >= 0.6 is 0 Å². The molecule has 2 saturated heterocycles. The van der Waals surface area contributed by atoms with Gasteiger partial charge in [0, 0.05) is 24.8 Å². The molecular weight excluding hydrogens is 350 g/mol. The number of amides is 1. The van der Waals surface area contributed by atoms with E-state index in [4.69, 9.17) is 0 Å². The van der Waals surface area contributed by atoms with Crippen LogP contribution in [0.3, 0.4) is 0 Å². The van der Waals surface area contributed by atoms with Gasteiger partial charge in [0.1, 0.15) is 0 Å². The van der Waals surface area contributed by atoms with Crippen LogP contribution in [0, 0.1) is 0 Å². The number of nitrogens with zero attached hydrogens (tertiary/aromatic N) is 2. The molecule has 5 heteroatoms. The van der Waals surface area contributed by atoms with Crippen molar-refractivity contribution in [2.75, 3.05) is 31.1 Å². The van der Waals surface area contributed by atoms with Gasteiger partial charge in [-0.15, -0.1) is 0 Å². The Balaban J connectivity index is 1.45. The van der Waals surface area contributed by atoms with Crippen LogP contribution in [-0.4, -0.2) is 48.2 Å². The Morgan fingerprint density at radius 2 is 1.50 bits per heavy atom. The van der Waals surface area contributed by atoms with Gasteiger partial charge in [0.25, 0.3) is 5.91 Å². The molecule has 2 fully saturated rings. The van der Waals surface area contributed by atoms with E-state index in [9.17, 15) is 10.0 Å². The SMILES string of the molecule is O=C(NO)C(c1ccccc1)c1ccc(N2CCC(N3CCCC3)CC2)cc1. The maximum atomic E-state index is 12.3. The molecule has 0 aliphatic carbocycles. The number of hydrogen-bond acceptors (Lipinski definition) is 4. The van der Waals surface area contributed by atoms with E-state index in [0.717, 1.165) is 30.3 Å². The first-order valence-corrected chi connectivity index (χ1v) is 10.3. The average Bonchev–Trinajstić information content (AvgIpc) is 3.30. The minimum Gasteiger partial charge on any atom is -0.371 e. The van der Waals surface area contributed by atoms with Gasteiger partial charge in [-0.2, -0.15) is 0 Å². The fourth-order valence-electron chi connectivity index (χ4n) is 4.68. The number of nitrogens with one attached hydrogen (secondary N) is 1. The molecule has 1 unspecified atom stereocenters. The van der Waals surface area contributed by atoms with Crippen LogP contribution in [0.1, 0.15) is 42.7 Å². The lowest BCUT2D eigenvalue weighted by Gasteiger charge is -2.38. The molecule has 0 radical (unpaired) electrons. The Kier molecular flexibility index (Phi) is 5.93. The van der Waals surface area contributed by atoms with Crippen molar-refractivity contribution in [3.05, 3.63) is 65.7 Å². The number of carbonyl (C=O) groups excluding carboxylic acids is 1. The van der Waals surface area contributed by atoms with E-state index >= 15 is 0 Å². The van der Waals surface area contributed by atoms with Gasteiger partial charge in [-0.1, -0.05) is 42.5 Å². The molecular formula is C23H29N3O2. The maximum absolute atomic E-state index is 12.3. The number of hydrogen-bond donors (Lipinski definition) is 2. The van der Waals surface area contributed by atoms with E-state index in [1.54, 1.807) is 0 Å². The zero-order valence-corrected chi connectivity index (χ0v) is 16.3. The molecule has 28 heavy (non-hydrogen) atoms. The van der Waals surface area contributed by atoms with Crippen LogP contribution < -0.4 is 10.4 Å². The van der Waals surface area contributed by atoms with Gasteiger partial charge in [0.05, 0.1) is 5.92 Å². The van der Waals surface area contributed by atoms with Gasteiger partial charge in [0.15, 0.2) is 0 Å². The van der Waals surface area contributed by atoms with Crippen molar-refractivity contribution >= 4 is 11.6 Å². The summed E-state index contributed by atoms with van der Waals surface area (Å²) in [6.45, 7) is 4.71. The highest BCUT2D eigenvalue weighted by atomic mass is 16.5. The van der Waals surface area contributed by atoms with E-state index < -0.39 is 11.8 Å². The molecule has 4 rings (SSSR count). The van der Waals surface area contributed by atoms with Crippen LogP contribution in [0.4, 0.5) is 5.69 Å². The number of rotatable bonds is 5. The average molecular weight is 380 g/mol. The van der Waals surface area contributed by atoms with Crippen LogP contribution in [0.15, 0.2) is 54.6 Å². The Bertz CT molecular complexity index is 764. The molecule has 2 aliphatic heterocycles. The number of piperidine rings is 1. The third-order valence-electron chi connectivity index (χ3n) is 6.22. The van der Waals surface area contributed by atoms with Gasteiger partial charge in [-0.25, -0.2) is 5.48 Å². The number of benzene rings is 2. The summed E-state index contributed by atoms with van der Waals surface area (Å²) in [4.78, 5) is 17.4. The zero-order chi connectivity index (χ0) is 19.3. The van der Waals surface area contributed by atoms with Crippen molar-refractivity contribution in [1.82, 2.24) is 10.4 Å². The first-order valence-electron chi connectivity index (χ1n) is 10.3. The molecule has 0 saturated carbocycles. The summed E-state index contributed by atoms with van der Waals surface area (Å²) in [5, 5.41) is 9.19. The Labute approximate surface area is 166 Å². The second kappa shape index (κ2) is 8.76. The molecule has 0 spiro atoms. The van der Waals surface area contributed by atoms with Crippen molar-refractivity contribution in [3.63, 3.8) is 0 Å². The summed E-state index contributed by atoms with van der Waals surface area (Å²) < 4.78 is 0. The predicted molar refractivity (Wildman–Crippen MR) is 111 cm³/mol. The first-order chi connectivity index (χ1) is 13.8. The van der Waals surface area contributed by atoms with E-state index in [0.29, 0.717) is 0 Å². The molecule has 1 amide bonds. The smallest absolute Gasteiger partial charge is 0.255 e. The monoisotopic (exact) mass is 379 g/mol. The van der Waals surface area contributed by atoms with Crippen LogP contribution in [-0.2, 0) is 4.79 Å². The molecule has 1 atom stereocenters. The Hall–Kier alpha value is -2.37. The van der Waals surface area contributed by atoms with Gasteiger partial charge < -0.3 is 9.80 Å². The first kappa shape index (κ1) is 19.0. The largest absolute Gasteiger partial charge is 0.371 e. The maximum Gasteiger partial charge on any atom is 0.255 e. The standard InChI is InChI=1S/C23H29N3O2/c27-23(24-28)22(18-6-2-1-3-7-18)19-8-10-20(11-9-19)26-16-12-21(13-17-26)25-14-4-5-15-25/h1-3,6-11,21-22,28H,4-5,12-17H2,(H,24,27). The summed E-state index contributed by atoms with van der Waals surface area (Å²) in [5.74, 6) is -0.925. The van der Waals surface area contributed by atoms with Crippen LogP contribution in [0.5, 0.6) is 0 Å². The lowest BCUT2D eigenvalue weighted by Crippen LogP contribution is -2.43. The summed E-state index contributed by atoms with van der Waals surface area (Å²) in [7, 11) is 0. The van der Waals surface area contributed by atoms with Gasteiger partial charge in [-0.3, -0.25) is 10.0 Å². The van der Waals surface area contributed by atoms with Gasteiger partial charge >= 0.3 is 0 Å². The lowest BCUT2D eigenvalue weighted by molar-refractivity contribution is -0.129. The quantitative estimate of drug-likeness (QED) is 0.618. The van der Waals surface area contributed by atoms with Crippen molar-refractivity contribution in [1.29, 1.82) is 0 Å².